The number of thioether (sulfide) groups is 1. The topological polar surface area (TPSA) is 92.4 Å². The van der Waals surface area contributed by atoms with Crippen LogP contribution in [-0.4, -0.2) is 72.5 Å². The fourth-order valence-corrected chi connectivity index (χ4v) is 4.82. The molecule has 1 atom stereocenters. The monoisotopic (exact) mass is 481 g/mol. The van der Waals surface area contributed by atoms with Crippen molar-refractivity contribution < 1.29 is 14.3 Å². The van der Waals surface area contributed by atoms with E-state index in [-0.39, 0.29) is 11.2 Å². The van der Waals surface area contributed by atoms with Crippen LogP contribution in [0.3, 0.4) is 0 Å². The summed E-state index contributed by atoms with van der Waals surface area (Å²) in [5, 5.41) is 11.0. The Kier molecular flexibility index (Phi) is 8.95. The van der Waals surface area contributed by atoms with Gasteiger partial charge in [-0.15, -0.1) is 5.10 Å². The summed E-state index contributed by atoms with van der Waals surface area (Å²) in [6.45, 7) is 5.18. The number of amides is 1. The number of methoxy groups -OCH3 is 1. The molecular formula is C25H31N5O3S. The summed E-state index contributed by atoms with van der Waals surface area (Å²) in [7, 11) is 1.64. The van der Waals surface area contributed by atoms with Gasteiger partial charge >= 0.3 is 0 Å². The van der Waals surface area contributed by atoms with Crippen LogP contribution in [-0.2, 0) is 9.53 Å². The normalized spacial score (nSPS) is 15.1. The number of carbonyl (C=O) groups is 1. The molecule has 1 unspecified atom stereocenters. The van der Waals surface area contributed by atoms with Gasteiger partial charge in [-0.25, -0.2) is 4.98 Å². The Morgan fingerprint density at radius 3 is 2.68 bits per heavy atom. The van der Waals surface area contributed by atoms with Gasteiger partial charge in [-0.1, -0.05) is 42.1 Å². The highest BCUT2D eigenvalue weighted by atomic mass is 32.2. The number of nitrogens with zero attached hydrogens (tertiary/aromatic N) is 3. The first kappa shape index (κ1) is 24.3. The summed E-state index contributed by atoms with van der Waals surface area (Å²) in [6.07, 6.45) is 1.29. The summed E-state index contributed by atoms with van der Waals surface area (Å²) < 4.78 is 10.6. The van der Waals surface area contributed by atoms with Gasteiger partial charge in [0.05, 0.1) is 20.3 Å². The standard InChI is InChI=1S/C25H31N5O3S/c1-32-21-10-8-20(9-11-21)24-27-25(29-28-24)34-22(19-6-3-2-4-7-19)18-23(31)26-12-5-13-30-14-16-33-17-15-30/h2-4,6-11,22H,5,12-18H2,1H3,(H,26,31)(H,27,28,29). The zero-order valence-electron chi connectivity index (χ0n) is 19.4. The van der Waals surface area contributed by atoms with Crippen LogP contribution < -0.4 is 10.1 Å². The number of rotatable bonds is 11. The van der Waals surface area contributed by atoms with Gasteiger partial charge in [0, 0.05) is 36.9 Å². The fourth-order valence-electron chi connectivity index (χ4n) is 3.80. The number of carbonyl (C=O) groups excluding carboxylic acids is 1. The van der Waals surface area contributed by atoms with Crippen molar-refractivity contribution in [3.05, 3.63) is 60.2 Å². The molecule has 0 saturated carbocycles. The minimum absolute atomic E-state index is 0.0363. The molecule has 3 aromatic rings. The molecule has 1 saturated heterocycles. The number of benzene rings is 2. The molecular weight excluding hydrogens is 450 g/mol. The predicted octanol–water partition coefficient (Wildman–Crippen LogP) is 3.54. The second-order valence-corrected chi connectivity index (χ2v) is 9.24. The molecule has 4 rings (SSSR count). The number of hydrogen-bond donors (Lipinski definition) is 2. The number of H-pyrrole nitrogens is 1. The number of nitrogens with one attached hydrogen (secondary N) is 2. The zero-order chi connectivity index (χ0) is 23.6. The third-order valence-corrected chi connectivity index (χ3v) is 6.81. The lowest BCUT2D eigenvalue weighted by atomic mass is 10.1. The molecule has 8 nitrogen and oxygen atoms in total. The maximum atomic E-state index is 12.7. The van der Waals surface area contributed by atoms with Gasteiger partial charge in [0.1, 0.15) is 5.75 Å². The summed E-state index contributed by atoms with van der Waals surface area (Å²) in [5.74, 6) is 1.51. The van der Waals surface area contributed by atoms with E-state index in [4.69, 9.17) is 9.47 Å². The first-order chi connectivity index (χ1) is 16.7. The highest BCUT2D eigenvalue weighted by Crippen LogP contribution is 2.36. The Bertz CT molecular complexity index is 1020. The van der Waals surface area contributed by atoms with E-state index in [1.54, 1.807) is 7.11 Å². The number of hydrogen-bond acceptors (Lipinski definition) is 7. The van der Waals surface area contributed by atoms with E-state index >= 15 is 0 Å². The highest BCUT2D eigenvalue weighted by Gasteiger charge is 2.20. The summed E-state index contributed by atoms with van der Waals surface area (Å²) >= 11 is 1.49. The van der Waals surface area contributed by atoms with Gasteiger partial charge in [0.15, 0.2) is 5.82 Å². The number of ether oxygens (including phenoxy) is 2. The van der Waals surface area contributed by atoms with Crippen molar-refractivity contribution in [2.45, 2.75) is 23.2 Å². The van der Waals surface area contributed by atoms with Gasteiger partial charge in [0.25, 0.3) is 0 Å². The average molecular weight is 482 g/mol. The Balaban J connectivity index is 1.34. The SMILES string of the molecule is COc1ccc(-c2nc(SC(CC(=O)NCCCN3CCOCC3)c3ccccc3)n[nH]2)cc1. The van der Waals surface area contributed by atoms with Crippen LogP contribution in [0.25, 0.3) is 11.4 Å². The molecule has 1 amide bonds. The lowest BCUT2D eigenvalue weighted by molar-refractivity contribution is -0.121. The smallest absolute Gasteiger partial charge is 0.221 e. The maximum Gasteiger partial charge on any atom is 0.221 e. The molecule has 2 N–H and O–H groups in total. The summed E-state index contributed by atoms with van der Waals surface area (Å²) in [6, 6.07) is 17.7. The lowest BCUT2D eigenvalue weighted by Gasteiger charge is -2.26. The van der Waals surface area contributed by atoms with E-state index < -0.39 is 0 Å². The van der Waals surface area contributed by atoms with Crippen molar-refractivity contribution in [2.24, 2.45) is 0 Å². The molecule has 34 heavy (non-hydrogen) atoms. The quantitative estimate of drug-likeness (QED) is 0.320. The van der Waals surface area contributed by atoms with Crippen LogP contribution in [0.4, 0.5) is 0 Å². The molecule has 9 heteroatoms. The van der Waals surface area contributed by atoms with E-state index in [1.165, 1.54) is 11.8 Å². The maximum absolute atomic E-state index is 12.7. The minimum atomic E-state index is -0.0834. The lowest BCUT2D eigenvalue weighted by Crippen LogP contribution is -2.38. The summed E-state index contributed by atoms with van der Waals surface area (Å²) in [5.41, 5.74) is 2.00. The number of aromatic amines is 1. The minimum Gasteiger partial charge on any atom is -0.497 e. The first-order valence-corrected chi connectivity index (χ1v) is 12.4. The van der Waals surface area contributed by atoms with E-state index in [2.05, 4.69) is 25.4 Å². The molecule has 2 aromatic carbocycles. The molecule has 1 aliphatic rings. The van der Waals surface area contributed by atoms with Crippen LogP contribution >= 0.6 is 11.8 Å². The zero-order valence-corrected chi connectivity index (χ0v) is 20.2. The third-order valence-electron chi connectivity index (χ3n) is 5.70. The average Bonchev–Trinajstić information content (AvgIpc) is 3.36. The predicted molar refractivity (Wildman–Crippen MR) is 133 cm³/mol. The second kappa shape index (κ2) is 12.5. The van der Waals surface area contributed by atoms with Crippen molar-refractivity contribution in [3.8, 4) is 17.1 Å². The van der Waals surface area contributed by atoms with Gasteiger partial charge in [-0.05, 0) is 42.8 Å². The van der Waals surface area contributed by atoms with Gasteiger partial charge in [0.2, 0.25) is 11.1 Å². The van der Waals surface area contributed by atoms with Crippen molar-refractivity contribution in [1.82, 2.24) is 25.4 Å². The molecule has 2 heterocycles. The first-order valence-electron chi connectivity index (χ1n) is 11.6. The Labute approximate surface area is 204 Å². The highest BCUT2D eigenvalue weighted by molar-refractivity contribution is 7.99. The number of aromatic nitrogens is 3. The van der Waals surface area contributed by atoms with E-state index in [9.17, 15) is 4.79 Å². The van der Waals surface area contributed by atoms with Crippen molar-refractivity contribution in [2.75, 3.05) is 46.5 Å². The van der Waals surface area contributed by atoms with Crippen molar-refractivity contribution in [3.63, 3.8) is 0 Å². The molecule has 1 fully saturated rings. The van der Waals surface area contributed by atoms with Crippen LogP contribution in [0, 0.1) is 0 Å². The molecule has 1 aliphatic heterocycles. The fraction of sp³-hybridized carbons (Fsp3) is 0.400. The van der Waals surface area contributed by atoms with Gasteiger partial charge < -0.3 is 14.8 Å². The molecule has 1 aromatic heterocycles. The largest absolute Gasteiger partial charge is 0.497 e. The van der Waals surface area contributed by atoms with Crippen LogP contribution in [0.1, 0.15) is 23.7 Å². The van der Waals surface area contributed by atoms with E-state index in [0.717, 1.165) is 56.1 Å². The van der Waals surface area contributed by atoms with E-state index in [0.29, 0.717) is 23.9 Å². The van der Waals surface area contributed by atoms with Crippen LogP contribution in [0.5, 0.6) is 5.75 Å². The van der Waals surface area contributed by atoms with Gasteiger partial charge in [-0.2, -0.15) is 0 Å². The van der Waals surface area contributed by atoms with Crippen LogP contribution in [0.2, 0.25) is 0 Å². The Morgan fingerprint density at radius 2 is 1.94 bits per heavy atom. The van der Waals surface area contributed by atoms with Crippen LogP contribution in [0.15, 0.2) is 59.8 Å². The molecule has 0 radical (unpaired) electrons. The van der Waals surface area contributed by atoms with Crippen molar-refractivity contribution in [1.29, 1.82) is 0 Å². The van der Waals surface area contributed by atoms with Crippen molar-refractivity contribution >= 4 is 17.7 Å². The Morgan fingerprint density at radius 1 is 1.18 bits per heavy atom. The van der Waals surface area contributed by atoms with Gasteiger partial charge in [-0.3, -0.25) is 14.8 Å². The molecule has 180 valence electrons. The number of morpholine rings is 1. The molecule has 0 bridgehead atoms. The Hall–Kier alpha value is -2.88. The van der Waals surface area contributed by atoms with E-state index in [1.807, 2.05) is 54.6 Å². The molecule has 0 aliphatic carbocycles. The second-order valence-electron chi connectivity index (χ2n) is 8.07. The third kappa shape index (κ3) is 7.06. The summed E-state index contributed by atoms with van der Waals surface area (Å²) in [4.78, 5) is 19.8. The molecule has 0 spiro atoms.